The zero-order valence-electron chi connectivity index (χ0n) is 22.3. The van der Waals surface area contributed by atoms with E-state index in [1.54, 1.807) is 0 Å². The summed E-state index contributed by atoms with van der Waals surface area (Å²) in [7, 11) is 0. The Morgan fingerprint density at radius 1 is 0.250 bits per heavy atom. The van der Waals surface area contributed by atoms with E-state index >= 15 is 0 Å². The van der Waals surface area contributed by atoms with Crippen LogP contribution in [0.4, 0.5) is 0 Å². The molecule has 0 radical (unpaired) electrons. The van der Waals surface area contributed by atoms with Gasteiger partial charge in [-0.15, -0.1) is 0 Å². The SMILES string of the molecule is C(=Cc1ccccc1-c1ccccc1)c1ccc(-c2ccc(C=Cc3ccccc3-c3ccccc3)cc2)cc1. The molecular weight excluding hydrogens is 480 g/mol. The molecule has 6 aromatic carbocycles. The monoisotopic (exact) mass is 510 g/mol. The Balaban J connectivity index is 1.16. The van der Waals surface area contributed by atoms with E-state index in [1.807, 2.05) is 0 Å². The molecule has 0 aliphatic rings. The van der Waals surface area contributed by atoms with Crippen LogP contribution in [0.3, 0.4) is 0 Å². The van der Waals surface area contributed by atoms with Gasteiger partial charge in [0, 0.05) is 0 Å². The van der Waals surface area contributed by atoms with Crippen molar-refractivity contribution in [3.63, 3.8) is 0 Å². The molecule has 190 valence electrons. The molecule has 0 fully saturated rings. The van der Waals surface area contributed by atoms with Crippen LogP contribution in [0.25, 0.3) is 57.7 Å². The molecule has 40 heavy (non-hydrogen) atoms. The fourth-order valence-electron chi connectivity index (χ4n) is 4.99. The fraction of sp³-hybridized carbons (Fsp3) is 0. The minimum Gasteiger partial charge on any atom is -0.0622 e. The lowest BCUT2D eigenvalue weighted by Gasteiger charge is -2.07. The highest BCUT2D eigenvalue weighted by molar-refractivity contribution is 5.82. The summed E-state index contributed by atoms with van der Waals surface area (Å²) in [4.78, 5) is 0. The van der Waals surface area contributed by atoms with E-state index in [0.29, 0.717) is 0 Å². The first-order valence-corrected chi connectivity index (χ1v) is 13.7. The Labute approximate surface area is 237 Å². The van der Waals surface area contributed by atoms with E-state index in [1.165, 1.54) is 55.6 Å². The van der Waals surface area contributed by atoms with E-state index in [9.17, 15) is 0 Å². The van der Waals surface area contributed by atoms with Crippen LogP contribution in [0.2, 0.25) is 0 Å². The number of hydrogen-bond donors (Lipinski definition) is 0. The fourth-order valence-corrected chi connectivity index (χ4v) is 4.99. The zero-order valence-corrected chi connectivity index (χ0v) is 22.3. The van der Waals surface area contributed by atoms with Crippen molar-refractivity contribution in [2.24, 2.45) is 0 Å². The minimum atomic E-state index is 1.18. The van der Waals surface area contributed by atoms with Crippen LogP contribution in [-0.2, 0) is 0 Å². The molecule has 0 bridgehead atoms. The Bertz CT molecular complexity index is 1600. The maximum Gasteiger partial charge on any atom is -0.0111 e. The van der Waals surface area contributed by atoms with Crippen molar-refractivity contribution in [1.29, 1.82) is 0 Å². The van der Waals surface area contributed by atoms with Gasteiger partial charge in [0.1, 0.15) is 0 Å². The van der Waals surface area contributed by atoms with Crippen LogP contribution < -0.4 is 0 Å². The molecule has 6 aromatic rings. The Morgan fingerprint density at radius 3 is 1.00 bits per heavy atom. The predicted octanol–water partition coefficient (Wildman–Crippen LogP) is 11.0. The van der Waals surface area contributed by atoms with Crippen LogP contribution in [0.15, 0.2) is 158 Å². The van der Waals surface area contributed by atoms with Crippen molar-refractivity contribution in [3.8, 4) is 33.4 Å². The van der Waals surface area contributed by atoms with Gasteiger partial charge in [-0.05, 0) is 55.6 Å². The number of benzene rings is 6. The van der Waals surface area contributed by atoms with Crippen molar-refractivity contribution < 1.29 is 0 Å². The molecule has 0 heterocycles. The van der Waals surface area contributed by atoms with Gasteiger partial charge in [0.2, 0.25) is 0 Å². The second kappa shape index (κ2) is 12.1. The second-order valence-corrected chi connectivity index (χ2v) is 9.82. The molecule has 0 N–H and O–H groups in total. The third kappa shape index (κ3) is 5.93. The van der Waals surface area contributed by atoms with Crippen molar-refractivity contribution in [1.82, 2.24) is 0 Å². The molecule has 0 saturated carbocycles. The van der Waals surface area contributed by atoms with E-state index < -0.39 is 0 Å². The third-order valence-corrected chi connectivity index (χ3v) is 7.16. The Kier molecular flexibility index (Phi) is 7.60. The van der Waals surface area contributed by atoms with Crippen LogP contribution in [-0.4, -0.2) is 0 Å². The van der Waals surface area contributed by atoms with Crippen LogP contribution in [0, 0.1) is 0 Å². The largest absolute Gasteiger partial charge is 0.0622 e. The predicted molar refractivity (Wildman–Crippen MR) is 173 cm³/mol. The van der Waals surface area contributed by atoms with Gasteiger partial charge < -0.3 is 0 Å². The van der Waals surface area contributed by atoms with E-state index in [-0.39, 0.29) is 0 Å². The summed E-state index contributed by atoms with van der Waals surface area (Å²) in [6.07, 6.45) is 8.78. The van der Waals surface area contributed by atoms with Gasteiger partial charge in [0.15, 0.2) is 0 Å². The van der Waals surface area contributed by atoms with Gasteiger partial charge in [-0.3, -0.25) is 0 Å². The van der Waals surface area contributed by atoms with Crippen molar-refractivity contribution in [2.45, 2.75) is 0 Å². The second-order valence-electron chi connectivity index (χ2n) is 9.82. The summed E-state index contributed by atoms with van der Waals surface area (Å²) < 4.78 is 0. The van der Waals surface area contributed by atoms with Crippen LogP contribution in [0.1, 0.15) is 22.3 Å². The average molecular weight is 511 g/mol. The summed E-state index contributed by atoms with van der Waals surface area (Å²) in [5, 5.41) is 0. The standard InChI is InChI=1S/C40H30/c1-3-11-35(12-4-1)39-17-9-7-15-37(39)29-23-31-19-25-33(26-20-31)34-27-21-32(22-28-34)24-30-38-16-8-10-18-40(38)36-13-5-2-6-14-36/h1-30H. The third-order valence-electron chi connectivity index (χ3n) is 7.16. The van der Waals surface area contributed by atoms with Gasteiger partial charge in [-0.1, -0.05) is 182 Å². The van der Waals surface area contributed by atoms with E-state index in [4.69, 9.17) is 0 Å². The van der Waals surface area contributed by atoms with Gasteiger partial charge in [-0.2, -0.15) is 0 Å². The van der Waals surface area contributed by atoms with Crippen molar-refractivity contribution in [2.75, 3.05) is 0 Å². The first-order chi connectivity index (χ1) is 19.8. The molecular formula is C40H30. The first kappa shape index (κ1) is 25.1. The highest BCUT2D eigenvalue weighted by Gasteiger charge is 2.03. The quantitative estimate of drug-likeness (QED) is 0.187. The lowest BCUT2D eigenvalue weighted by Crippen LogP contribution is -1.83. The molecule has 0 aliphatic heterocycles. The highest BCUT2D eigenvalue weighted by Crippen LogP contribution is 2.27. The lowest BCUT2D eigenvalue weighted by molar-refractivity contribution is 1.58. The molecule has 0 nitrogen and oxygen atoms in total. The summed E-state index contributed by atoms with van der Waals surface area (Å²) in [5.74, 6) is 0. The summed E-state index contributed by atoms with van der Waals surface area (Å²) in [6.45, 7) is 0. The van der Waals surface area contributed by atoms with E-state index in [2.05, 4.69) is 182 Å². The molecule has 0 amide bonds. The highest BCUT2D eigenvalue weighted by atomic mass is 14.1. The average Bonchev–Trinajstić information content (AvgIpc) is 3.04. The Hall–Kier alpha value is -5.20. The zero-order chi connectivity index (χ0) is 27.0. The van der Waals surface area contributed by atoms with Crippen LogP contribution >= 0.6 is 0 Å². The maximum absolute atomic E-state index is 2.20. The van der Waals surface area contributed by atoms with Crippen molar-refractivity contribution >= 4 is 24.3 Å². The molecule has 0 atom stereocenters. The van der Waals surface area contributed by atoms with E-state index in [0.717, 1.165) is 0 Å². The van der Waals surface area contributed by atoms with Gasteiger partial charge in [0.25, 0.3) is 0 Å². The van der Waals surface area contributed by atoms with Crippen molar-refractivity contribution in [3.05, 3.63) is 180 Å². The molecule has 0 saturated heterocycles. The normalized spacial score (nSPS) is 11.3. The summed E-state index contributed by atoms with van der Waals surface area (Å²) in [6, 6.07) is 55.7. The van der Waals surface area contributed by atoms with Gasteiger partial charge in [-0.25, -0.2) is 0 Å². The Morgan fingerprint density at radius 2 is 0.600 bits per heavy atom. The maximum atomic E-state index is 2.20. The van der Waals surface area contributed by atoms with Gasteiger partial charge >= 0.3 is 0 Å². The first-order valence-electron chi connectivity index (χ1n) is 13.7. The summed E-state index contributed by atoms with van der Waals surface area (Å²) >= 11 is 0. The summed E-state index contributed by atoms with van der Waals surface area (Å²) in [5.41, 5.74) is 12.2. The number of rotatable bonds is 7. The number of hydrogen-bond acceptors (Lipinski definition) is 0. The molecule has 0 aromatic heterocycles. The molecule has 0 heteroatoms. The minimum absolute atomic E-state index is 1.18. The molecule has 0 spiro atoms. The van der Waals surface area contributed by atoms with Gasteiger partial charge in [0.05, 0.1) is 0 Å². The molecule has 0 aliphatic carbocycles. The molecule has 6 rings (SSSR count). The smallest absolute Gasteiger partial charge is 0.0111 e. The topological polar surface area (TPSA) is 0 Å². The lowest BCUT2D eigenvalue weighted by atomic mass is 9.98. The van der Waals surface area contributed by atoms with Crippen LogP contribution in [0.5, 0.6) is 0 Å². The molecule has 0 unspecified atom stereocenters.